The Balaban J connectivity index is 2.70. The smallest absolute Gasteiger partial charge is 0.251 e. The number of carbonyl (C=O) groups is 1. The summed E-state index contributed by atoms with van der Waals surface area (Å²) >= 11 is 0. The van der Waals surface area contributed by atoms with Crippen LogP contribution in [0.3, 0.4) is 0 Å². The zero-order valence-corrected chi connectivity index (χ0v) is 8.58. The number of benzene rings is 1. The first-order valence-electron chi connectivity index (χ1n) is 4.63. The Bertz CT molecular complexity index is 327. The molecule has 1 amide bonds. The predicted molar refractivity (Wildman–Crippen MR) is 58.3 cm³/mol. The van der Waals surface area contributed by atoms with Gasteiger partial charge < -0.3 is 5.32 Å². The van der Waals surface area contributed by atoms with Crippen molar-refractivity contribution in [2.75, 3.05) is 0 Å². The molecule has 0 bridgehead atoms. The van der Waals surface area contributed by atoms with Crippen molar-refractivity contribution in [3.05, 3.63) is 48.0 Å². The van der Waals surface area contributed by atoms with E-state index in [9.17, 15) is 4.79 Å². The second-order valence-corrected chi connectivity index (χ2v) is 3.36. The van der Waals surface area contributed by atoms with Gasteiger partial charge in [-0.2, -0.15) is 0 Å². The van der Waals surface area contributed by atoms with E-state index >= 15 is 0 Å². The number of nitrogens with one attached hydrogen (secondary N) is 1. The molecule has 0 radical (unpaired) electrons. The average Bonchev–Trinajstić information content (AvgIpc) is 2.18. The first-order valence-corrected chi connectivity index (χ1v) is 4.63. The highest BCUT2D eigenvalue weighted by atomic mass is 16.1. The molecule has 0 saturated carbocycles. The van der Waals surface area contributed by atoms with Crippen LogP contribution in [0.5, 0.6) is 0 Å². The van der Waals surface area contributed by atoms with E-state index in [4.69, 9.17) is 0 Å². The first-order chi connectivity index (χ1) is 6.63. The minimum absolute atomic E-state index is 0.00352. The van der Waals surface area contributed by atoms with Crippen molar-refractivity contribution in [3.8, 4) is 0 Å². The standard InChI is InChI=1S/C12H15NO/c1-4-10(3)13-12(14)11-7-5-9(2)6-8-11/h4-8,10H,1H2,2-3H3,(H,13,14). The molecule has 0 aliphatic heterocycles. The molecule has 1 N–H and O–H groups in total. The third kappa shape index (κ3) is 2.73. The molecule has 0 aliphatic carbocycles. The maximum absolute atomic E-state index is 11.6. The molecular formula is C12H15NO. The molecule has 1 aromatic rings. The normalized spacial score (nSPS) is 11.9. The van der Waals surface area contributed by atoms with Crippen LogP contribution in [0.15, 0.2) is 36.9 Å². The molecule has 1 aromatic carbocycles. The molecule has 0 spiro atoms. The predicted octanol–water partition coefficient (Wildman–Crippen LogP) is 2.30. The van der Waals surface area contributed by atoms with Gasteiger partial charge in [0.2, 0.25) is 0 Å². The zero-order valence-electron chi connectivity index (χ0n) is 8.58. The van der Waals surface area contributed by atoms with Crippen LogP contribution in [0.2, 0.25) is 0 Å². The van der Waals surface area contributed by atoms with Crippen molar-refractivity contribution >= 4 is 5.91 Å². The maximum Gasteiger partial charge on any atom is 0.251 e. The molecule has 0 heterocycles. The van der Waals surface area contributed by atoms with Crippen LogP contribution in [0.4, 0.5) is 0 Å². The summed E-state index contributed by atoms with van der Waals surface area (Å²) in [7, 11) is 0. The van der Waals surface area contributed by atoms with Gasteiger partial charge in [-0.3, -0.25) is 4.79 Å². The third-order valence-electron chi connectivity index (χ3n) is 2.03. The second-order valence-electron chi connectivity index (χ2n) is 3.36. The highest BCUT2D eigenvalue weighted by Crippen LogP contribution is 2.03. The Morgan fingerprint density at radius 1 is 1.43 bits per heavy atom. The Labute approximate surface area is 84.6 Å². The van der Waals surface area contributed by atoms with Crippen molar-refractivity contribution in [2.45, 2.75) is 19.9 Å². The van der Waals surface area contributed by atoms with Gasteiger partial charge in [0.15, 0.2) is 0 Å². The highest BCUT2D eigenvalue weighted by molar-refractivity contribution is 5.94. The van der Waals surface area contributed by atoms with Crippen molar-refractivity contribution in [1.29, 1.82) is 0 Å². The Morgan fingerprint density at radius 2 is 2.00 bits per heavy atom. The third-order valence-corrected chi connectivity index (χ3v) is 2.03. The fourth-order valence-electron chi connectivity index (χ4n) is 1.05. The van der Waals surface area contributed by atoms with Crippen molar-refractivity contribution < 1.29 is 4.79 Å². The van der Waals surface area contributed by atoms with Gasteiger partial charge in [0.05, 0.1) is 0 Å². The summed E-state index contributed by atoms with van der Waals surface area (Å²) in [6.45, 7) is 7.49. The molecule has 2 nitrogen and oxygen atoms in total. The van der Waals surface area contributed by atoms with Gasteiger partial charge in [0.1, 0.15) is 0 Å². The molecular weight excluding hydrogens is 174 g/mol. The number of hydrogen-bond acceptors (Lipinski definition) is 1. The molecule has 1 atom stereocenters. The van der Waals surface area contributed by atoms with Crippen LogP contribution >= 0.6 is 0 Å². The Morgan fingerprint density at radius 3 is 2.50 bits per heavy atom. The molecule has 0 aliphatic rings. The van der Waals surface area contributed by atoms with Crippen LogP contribution in [0, 0.1) is 6.92 Å². The number of amides is 1. The van der Waals surface area contributed by atoms with Gasteiger partial charge in [0, 0.05) is 11.6 Å². The molecule has 74 valence electrons. The van der Waals surface area contributed by atoms with E-state index < -0.39 is 0 Å². The van der Waals surface area contributed by atoms with Crippen LogP contribution in [0.25, 0.3) is 0 Å². The minimum Gasteiger partial charge on any atom is -0.346 e. The molecule has 1 unspecified atom stereocenters. The summed E-state index contributed by atoms with van der Waals surface area (Å²) in [4.78, 5) is 11.6. The van der Waals surface area contributed by atoms with Crippen molar-refractivity contribution in [3.63, 3.8) is 0 Å². The summed E-state index contributed by atoms with van der Waals surface area (Å²) in [5, 5.41) is 2.81. The van der Waals surface area contributed by atoms with Crippen molar-refractivity contribution in [1.82, 2.24) is 5.32 Å². The van der Waals surface area contributed by atoms with E-state index in [2.05, 4.69) is 11.9 Å². The zero-order chi connectivity index (χ0) is 10.6. The minimum atomic E-state index is -0.0580. The lowest BCUT2D eigenvalue weighted by Crippen LogP contribution is -2.30. The fraction of sp³-hybridized carbons (Fsp3) is 0.250. The van der Waals surface area contributed by atoms with Crippen LogP contribution in [0.1, 0.15) is 22.8 Å². The van der Waals surface area contributed by atoms with E-state index in [1.165, 1.54) is 0 Å². The number of rotatable bonds is 3. The van der Waals surface area contributed by atoms with E-state index in [1.54, 1.807) is 6.08 Å². The first kappa shape index (κ1) is 10.5. The monoisotopic (exact) mass is 189 g/mol. The lowest BCUT2D eigenvalue weighted by atomic mass is 10.1. The summed E-state index contributed by atoms with van der Waals surface area (Å²) in [5.41, 5.74) is 1.84. The molecule has 0 saturated heterocycles. The van der Waals surface area contributed by atoms with E-state index in [-0.39, 0.29) is 11.9 Å². The van der Waals surface area contributed by atoms with Crippen molar-refractivity contribution in [2.24, 2.45) is 0 Å². The largest absolute Gasteiger partial charge is 0.346 e. The van der Waals surface area contributed by atoms with Gasteiger partial charge in [-0.25, -0.2) is 0 Å². The summed E-state index contributed by atoms with van der Waals surface area (Å²) < 4.78 is 0. The maximum atomic E-state index is 11.6. The topological polar surface area (TPSA) is 29.1 Å². The van der Waals surface area contributed by atoms with Crippen LogP contribution in [-0.4, -0.2) is 11.9 Å². The number of aryl methyl sites for hydroxylation is 1. The lowest BCUT2D eigenvalue weighted by Gasteiger charge is -2.08. The van der Waals surface area contributed by atoms with E-state index in [1.807, 2.05) is 38.1 Å². The Kier molecular flexibility index (Phi) is 3.46. The van der Waals surface area contributed by atoms with Gasteiger partial charge in [0.25, 0.3) is 5.91 Å². The summed E-state index contributed by atoms with van der Waals surface area (Å²) in [5.74, 6) is -0.0580. The molecule has 0 fully saturated rings. The van der Waals surface area contributed by atoms with Gasteiger partial charge in [-0.05, 0) is 26.0 Å². The van der Waals surface area contributed by atoms with Crippen LogP contribution < -0.4 is 5.32 Å². The quantitative estimate of drug-likeness (QED) is 0.726. The van der Waals surface area contributed by atoms with E-state index in [0.29, 0.717) is 5.56 Å². The molecule has 14 heavy (non-hydrogen) atoms. The molecule has 2 heteroatoms. The van der Waals surface area contributed by atoms with Gasteiger partial charge in [-0.1, -0.05) is 23.8 Å². The van der Waals surface area contributed by atoms with Gasteiger partial charge >= 0.3 is 0 Å². The summed E-state index contributed by atoms with van der Waals surface area (Å²) in [6.07, 6.45) is 1.70. The lowest BCUT2D eigenvalue weighted by molar-refractivity contribution is 0.0947. The highest BCUT2D eigenvalue weighted by Gasteiger charge is 2.06. The number of hydrogen-bond donors (Lipinski definition) is 1. The van der Waals surface area contributed by atoms with E-state index in [0.717, 1.165) is 5.56 Å². The summed E-state index contributed by atoms with van der Waals surface area (Å²) in [6, 6.07) is 7.49. The Hall–Kier alpha value is -1.57. The fourth-order valence-corrected chi connectivity index (χ4v) is 1.05. The van der Waals surface area contributed by atoms with Crippen LogP contribution in [-0.2, 0) is 0 Å². The van der Waals surface area contributed by atoms with Gasteiger partial charge in [-0.15, -0.1) is 6.58 Å². The number of carbonyl (C=O) groups excluding carboxylic acids is 1. The average molecular weight is 189 g/mol. The SMILES string of the molecule is C=CC(C)NC(=O)c1ccc(C)cc1. The molecule has 1 rings (SSSR count). The second kappa shape index (κ2) is 4.61. The molecule has 0 aromatic heterocycles.